The van der Waals surface area contributed by atoms with E-state index in [2.05, 4.69) is 17.0 Å². The van der Waals surface area contributed by atoms with Gasteiger partial charge in [-0.2, -0.15) is 0 Å². The molecular weight excluding hydrogens is 332 g/mol. The van der Waals surface area contributed by atoms with E-state index in [1.807, 2.05) is 40.6 Å². The van der Waals surface area contributed by atoms with Gasteiger partial charge in [-0.1, -0.05) is 36.4 Å². The second kappa shape index (κ2) is 6.86. The van der Waals surface area contributed by atoms with E-state index in [1.54, 1.807) is 6.07 Å². The second-order valence-electron chi connectivity index (χ2n) is 6.33. The molecule has 0 spiro atoms. The van der Waals surface area contributed by atoms with Crippen LogP contribution >= 0.6 is 11.3 Å². The Morgan fingerprint density at radius 2 is 1.80 bits per heavy atom. The number of carbonyl (C=O) groups excluding carboxylic acids is 1. The van der Waals surface area contributed by atoms with E-state index in [4.69, 9.17) is 0 Å². The molecule has 1 amide bonds. The van der Waals surface area contributed by atoms with Gasteiger partial charge in [0.15, 0.2) is 0 Å². The normalized spacial score (nSPS) is 15.6. The summed E-state index contributed by atoms with van der Waals surface area (Å²) in [4.78, 5) is 17.5. The molecule has 4 rings (SSSR count). The maximum atomic E-state index is 12.4. The molecular formula is C20H20N2O2S. The number of thiophene rings is 1. The summed E-state index contributed by atoms with van der Waals surface area (Å²) in [6.07, 6.45) is 0. The van der Waals surface area contributed by atoms with Crippen LogP contribution in [0.15, 0.2) is 53.9 Å². The Hall–Kier alpha value is -2.37. The smallest absolute Gasteiger partial charge is 0.264 e. The molecule has 1 N–H and O–H groups in total. The lowest BCUT2D eigenvalue weighted by Crippen LogP contribution is -2.48. The molecule has 128 valence electrons. The highest BCUT2D eigenvalue weighted by Crippen LogP contribution is 2.28. The highest BCUT2D eigenvalue weighted by molar-refractivity contribution is 7.12. The highest BCUT2D eigenvalue weighted by Gasteiger charge is 2.23. The summed E-state index contributed by atoms with van der Waals surface area (Å²) in [7, 11) is 0. The lowest BCUT2D eigenvalue weighted by Gasteiger charge is -2.34. The van der Waals surface area contributed by atoms with Crippen molar-refractivity contribution < 1.29 is 9.90 Å². The molecule has 0 aliphatic carbocycles. The molecule has 4 nitrogen and oxygen atoms in total. The quantitative estimate of drug-likeness (QED) is 0.784. The average molecular weight is 352 g/mol. The Labute approximate surface area is 150 Å². The maximum absolute atomic E-state index is 12.4. The Morgan fingerprint density at radius 3 is 2.56 bits per heavy atom. The summed E-state index contributed by atoms with van der Waals surface area (Å²) >= 11 is 1.49. The first-order valence-electron chi connectivity index (χ1n) is 8.47. The molecule has 3 aromatic rings. The topological polar surface area (TPSA) is 43.8 Å². The molecule has 0 atom stereocenters. The average Bonchev–Trinajstić information content (AvgIpc) is 3.19. The van der Waals surface area contributed by atoms with Gasteiger partial charge in [-0.05, 0) is 28.3 Å². The van der Waals surface area contributed by atoms with Crippen molar-refractivity contribution in [1.82, 2.24) is 9.80 Å². The summed E-state index contributed by atoms with van der Waals surface area (Å²) in [5.41, 5.74) is 0.969. The van der Waals surface area contributed by atoms with E-state index in [0.29, 0.717) is 12.3 Å². The van der Waals surface area contributed by atoms with Crippen LogP contribution in [0.5, 0.6) is 5.75 Å². The summed E-state index contributed by atoms with van der Waals surface area (Å²) in [5.74, 6) is 0.471. The molecule has 1 aliphatic heterocycles. The third-order valence-electron chi connectivity index (χ3n) is 4.79. The lowest BCUT2D eigenvalue weighted by atomic mass is 10.0. The van der Waals surface area contributed by atoms with Crippen LogP contribution in [0.2, 0.25) is 0 Å². The van der Waals surface area contributed by atoms with Gasteiger partial charge >= 0.3 is 0 Å². The monoisotopic (exact) mass is 352 g/mol. The third kappa shape index (κ3) is 3.25. The van der Waals surface area contributed by atoms with Gasteiger partial charge in [0.25, 0.3) is 5.91 Å². The molecule has 2 heterocycles. The number of nitrogens with zero attached hydrogens (tertiary/aromatic N) is 2. The van der Waals surface area contributed by atoms with Crippen molar-refractivity contribution in [2.45, 2.75) is 6.54 Å². The van der Waals surface area contributed by atoms with Crippen molar-refractivity contribution in [3.8, 4) is 5.75 Å². The Bertz CT molecular complexity index is 884. The molecule has 1 saturated heterocycles. The number of phenols is 1. The number of aromatic hydroxyl groups is 1. The van der Waals surface area contributed by atoms with Gasteiger partial charge in [0.05, 0.1) is 4.88 Å². The maximum Gasteiger partial charge on any atom is 0.264 e. The molecule has 25 heavy (non-hydrogen) atoms. The summed E-state index contributed by atoms with van der Waals surface area (Å²) < 4.78 is 0. The lowest BCUT2D eigenvalue weighted by molar-refractivity contribution is 0.0632. The van der Waals surface area contributed by atoms with Crippen molar-refractivity contribution >= 4 is 28.0 Å². The number of benzene rings is 2. The number of rotatable bonds is 3. The van der Waals surface area contributed by atoms with E-state index in [-0.39, 0.29) is 5.91 Å². The summed E-state index contributed by atoms with van der Waals surface area (Å²) in [6, 6.07) is 15.7. The van der Waals surface area contributed by atoms with Crippen LogP contribution in [-0.4, -0.2) is 47.0 Å². The Balaban J connectivity index is 1.46. The van der Waals surface area contributed by atoms with E-state index in [0.717, 1.165) is 47.4 Å². The number of amides is 1. The van der Waals surface area contributed by atoms with Crippen LogP contribution in [-0.2, 0) is 6.54 Å². The van der Waals surface area contributed by atoms with Gasteiger partial charge in [0.1, 0.15) is 5.75 Å². The molecule has 0 bridgehead atoms. The van der Waals surface area contributed by atoms with Crippen LogP contribution in [0, 0.1) is 0 Å². The van der Waals surface area contributed by atoms with Crippen LogP contribution < -0.4 is 0 Å². The molecule has 0 radical (unpaired) electrons. The number of carbonyl (C=O) groups is 1. The molecule has 1 fully saturated rings. The minimum Gasteiger partial charge on any atom is -0.508 e. The Morgan fingerprint density at radius 1 is 1.00 bits per heavy atom. The molecule has 5 heteroatoms. The fourth-order valence-corrected chi connectivity index (χ4v) is 4.07. The van der Waals surface area contributed by atoms with Crippen molar-refractivity contribution in [2.24, 2.45) is 0 Å². The van der Waals surface area contributed by atoms with Gasteiger partial charge in [0.2, 0.25) is 0 Å². The van der Waals surface area contributed by atoms with E-state index < -0.39 is 0 Å². The third-order valence-corrected chi connectivity index (χ3v) is 5.65. The molecule has 0 unspecified atom stereocenters. The Kier molecular flexibility index (Phi) is 4.42. The van der Waals surface area contributed by atoms with Gasteiger partial charge < -0.3 is 10.0 Å². The number of phenolic OH excluding ortho intramolecular Hbond substituents is 1. The van der Waals surface area contributed by atoms with E-state index >= 15 is 0 Å². The number of fused-ring (bicyclic) bond motifs is 1. The van der Waals surface area contributed by atoms with E-state index in [9.17, 15) is 9.90 Å². The van der Waals surface area contributed by atoms with Crippen LogP contribution in [0.3, 0.4) is 0 Å². The highest BCUT2D eigenvalue weighted by atomic mass is 32.1. The largest absolute Gasteiger partial charge is 0.508 e. The van der Waals surface area contributed by atoms with Gasteiger partial charge in [0, 0.05) is 38.3 Å². The standard InChI is InChI=1S/C20H20N2O2S/c23-18-8-7-15-4-1-2-5-16(15)17(18)14-21-9-11-22(12-10-21)20(24)19-6-3-13-25-19/h1-8,13,23H,9-12,14H2. The minimum atomic E-state index is 0.127. The number of piperazine rings is 1. The summed E-state index contributed by atoms with van der Waals surface area (Å²) in [6.45, 7) is 3.79. The summed E-state index contributed by atoms with van der Waals surface area (Å²) in [5, 5.41) is 14.5. The molecule has 0 saturated carbocycles. The molecule has 2 aromatic carbocycles. The second-order valence-corrected chi connectivity index (χ2v) is 7.28. The first-order valence-corrected chi connectivity index (χ1v) is 9.35. The fraction of sp³-hybridized carbons (Fsp3) is 0.250. The SMILES string of the molecule is O=C(c1cccs1)N1CCN(Cc2c(O)ccc3ccccc23)CC1. The van der Waals surface area contributed by atoms with Crippen LogP contribution in [0.25, 0.3) is 10.8 Å². The predicted molar refractivity (Wildman–Crippen MR) is 101 cm³/mol. The van der Waals surface area contributed by atoms with Crippen molar-refractivity contribution in [3.63, 3.8) is 0 Å². The van der Waals surface area contributed by atoms with Gasteiger partial charge in [-0.15, -0.1) is 11.3 Å². The fourth-order valence-electron chi connectivity index (χ4n) is 3.38. The van der Waals surface area contributed by atoms with E-state index in [1.165, 1.54) is 11.3 Å². The first kappa shape index (κ1) is 16.1. The van der Waals surface area contributed by atoms with Crippen molar-refractivity contribution in [2.75, 3.05) is 26.2 Å². The van der Waals surface area contributed by atoms with Gasteiger partial charge in [-0.25, -0.2) is 0 Å². The van der Waals surface area contributed by atoms with Gasteiger partial charge in [-0.3, -0.25) is 9.69 Å². The molecule has 1 aliphatic rings. The predicted octanol–water partition coefficient (Wildman–Crippen LogP) is 3.56. The van der Waals surface area contributed by atoms with Crippen LogP contribution in [0.1, 0.15) is 15.2 Å². The number of hydrogen-bond acceptors (Lipinski definition) is 4. The molecule has 1 aromatic heterocycles. The first-order chi connectivity index (χ1) is 12.2. The zero-order chi connectivity index (χ0) is 17.2. The number of hydrogen-bond donors (Lipinski definition) is 1. The van der Waals surface area contributed by atoms with Crippen LogP contribution in [0.4, 0.5) is 0 Å². The minimum absolute atomic E-state index is 0.127. The van der Waals surface area contributed by atoms with Crippen molar-refractivity contribution in [1.29, 1.82) is 0 Å². The van der Waals surface area contributed by atoms with Crippen molar-refractivity contribution in [3.05, 3.63) is 64.4 Å². The zero-order valence-corrected chi connectivity index (χ0v) is 14.7. The zero-order valence-electron chi connectivity index (χ0n) is 13.9.